The van der Waals surface area contributed by atoms with Crippen LogP contribution in [-0.2, 0) is 11.3 Å². The number of alkyl halides is 3. The highest BCUT2D eigenvalue weighted by molar-refractivity contribution is 5.82. The van der Waals surface area contributed by atoms with E-state index in [1.165, 1.54) is 11.0 Å². The molecule has 1 aromatic carbocycles. The lowest BCUT2D eigenvalue weighted by molar-refractivity contribution is -0.141. The van der Waals surface area contributed by atoms with Gasteiger partial charge in [0.1, 0.15) is 11.6 Å². The van der Waals surface area contributed by atoms with Crippen molar-refractivity contribution in [2.24, 2.45) is 0 Å². The number of benzene rings is 1. The van der Waals surface area contributed by atoms with Crippen LogP contribution in [0.5, 0.6) is 0 Å². The largest absolute Gasteiger partial charge is 0.390 e. The first-order chi connectivity index (χ1) is 10.8. The molecule has 8 heteroatoms. The third-order valence-electron chi connectivity index (χ3n) is 3.82. The minimum Gasteiger partial charge on any atom is -0.351 e. The summed E-state index contributed by atoms with van der Waals surface area (Å²) in [5, 5.41) is 2.50. The lowest BCUT2D eigenvalue weighted by Gasteiger charge is -2.24. The molecule has 1 heterocycles. The molecule has 2 rings (SSSR count). The molecule has 0 bridgehead atoms. The Morgan fingerprint density at radius 3 is 2.70 bits per heavy atom. The Morgan fingerprint density at radius 1 is 1.30 bits per heavy atom. The summed E-state index contributed by atoms with van der Waals surface area (Å²) in [6, 6.07) is 2.38. The van der Waals surface area contributed by atoms with Crippen molar-refractivity contribution < 1.29 is 26.7 Å². The Bertz CT molecular complexity index is 561. The maximum atomic E-state index is 13.5. The van der Waals surface area contributed by atoms with E-state index in [0.29, 0.717) is 25.5 Å². The molecule has 1 aliphatic heterocycles. The average molecular weight is 336 g/mol. The number of amides is 1. The predicted octanol–water partition coefficient (Wildman–Crippen LogP) is 3.00. The quantitative estimate of drug-likeness (QED) is 0.839. The molecule has 1 aliphatic rings. The van der Waals surface area contributed by atoms with Crippen molar-refractivity contribution in [3.8, 4) is 0 Å². The second-order valence-electron chi connectivity index (χ2n) is 5.51. The molecule has 128 valence electrons. The van der Waals surface area contributed by atoms with Crippen molar-refractivity contribution in [2.45, 2.75) is 38.0 Å². The first-order valence-electron chi connectivity index (χ1n) is 7.29. The zero-order valence-electron chi connectivity index (χ0n) is 12.3. The molecular formula is C15H17F5N2O. The van der Waals surface area contributed by atoms with Gasteiger partial charge in [-0.1, -0.05) is 6.07 Å². The Labute approximate surface area is 130 Å². The maximum absolute atomic E-state index is 13.5. The second-order valence-corrected chi connectivity index (χ2v) is 5.51. The van der Waals surface area contributed by atoms with Crippen LogP contribution in [0.15, 0.2) is 18.2 Å². The minimum atomic E-state index is -4.26. The van der Waals surface area contributed by atoms with E-state index < -0.39 is 36.2 Å². The van der Waals surface area contributed by atoms with Gasteiger partial charge < -0.3 is 5.32 Å². The number of carbonyl (C=O) groups excluding carboxylic acids is 1. The van der Waals surface area contributed by atoms with Crippen LogP contribution in [0.1, 0.15) is 24.8 Å². The monoisotopic (exact) mass is 336 g/mol. The van der Waals surface area contributed by atoms with Crippen LogP contribution in [0.2, 0.25) is 0 Å². The number of halogens is 5. The first kappa shape index (κ1) is 17.7. The fraction of sp³-hybridized carbons (Fsp3) is 0.533. The third kappa shape index (κ3) is 5.16. The summed E-state index contributed by atoms with van der Waals surface area (Å²) in [6.45, 7) is 0.0696. The number of nitrogens with zero attached hydrogens (tertiary/aromatic N) is 1. The van der Waals surface area contributed by atoms with E-state index in [2.05, 4.69) is 5.32 Å². The molecule has 0 aromatic heterocycles. The Kier molecular flexibility index (Phi) is 5.56. The second kappa shape index (κ2) is 7.25. The summed E-state index contributed by atoms with van der Waals surface area (Å²) >= 11 is 0. The fourth-order valence-corrected chi connectivity index (χ4v) is 2.63. The van der Waals surface area contributed by atoms with Crippen LogP contribution in [-0.4, -0.2) is 36.1 Å². The van der Waals surface area contributed by atoms with Crippen molar-refractivity contribution in [1.29, 1.82) is 0 Å². The van der Waals surface area contributed by atoms with Gasteiger partial charge >= 0.3 is 6.18 Å². The van der Waals surface area contributed by atoms with E-state index >= 15 is 0 Å². The standard InChI is InChI=1S/C15H17F5N2O/c16-11-4-3-10(12(17)8-11)9-21-14(23)13-2-1-6-22(13)7-5-15(18,19)20/h3-4,8,13H,1-2,5-7,9H2,(H,21,23)/t13-/m1/s1. The van der Waals surface area contributed by atoms with Gasteiger partial charge in [0.15, 0.2) is 0 Å². The molecular weight excluding hydrogens is 319 g/mol. The summed E-state index contributed by atoms with van der Waals surface area (Å²) in [4.78, 5) is 13.6. The number of hydrogen-bond donors (Lipinski definition) is 1. The van der Waals surface area contributed by atoms with Crippen LogP contribution in [0, 0.1) is 11.6 Å². The SMILES string of the molecule is O=C(NCc1ccc(F)cc1F)[C@H]1CCCN1CCC(F)(F)F. The molecule has 1 saturated heterocycles. The third-order valence-corrected chi connectivity index (χ3v) is 3.82. The van der Waals surface area contributed by atoms with Crippen molar-refractivity contribution >= 4 is 5.91 Å². The highest BCUT2D eigenvalue weighted by atomic mass is 19.4. The topological polar surface area (TPSA) is 32.3 Å². The van der Waals surface area contributed by atoms with E-state index in [9.17, 15) is 26.7 Å². The zero-order chi connectivity index (χ0) is 17.0. The number of nitrogens with one attached hydrogen (secondary N) is 1. The Hall–Kier alpha value is -1.70. The number of rotatable bonds is 5. The van der Waals surface area contributed by atoms with E-state index in [0.717, 1.165) is 6.07 Å². The summed E-state index contributed by atoms with van der Waals surface area (Å²) in [6.07, 6.45) is -4.12. The van der Waals surface area contributed by atoms with Crippen molar-refractivity contribution in [3.05, 3.63) is 35.4 Å². The van der Waals surface area contributed by atoms with Gasteiger partial charge in [0, 0.05) is 24.7 Å². The maximum Gasteiger partial charge on any atom is 0.390 e. The summed E-state index contributed by atoms with van der Waals surface area (Å²) in [7, 11) is 0. The molecule has 1 atom stereocenters. The number of likely N-dealkylation sites (tertiary alicyclic amines) is 1. The molecule has 0 spiro atoms. The predicted molar refractivity (Wildman–Crippen MR) is 73.5 cm³/mol. The first-order valence-corrected chi connectivity index (χ1v) is 7.29. The molecule has 23 heavy (non-hydrogen) atoms. The van der Waals surface area contributed by atoms with Crippen LogP contribution < -0.4 is 5.32 Å². The van der Waals surface area contributed by atoms with Gasteiger partial charge in [0.2, 0.25) is 5.91 Å². The van der Waals surface area contributed by atoms with Gasteiger partial charge in [-0.25, -0.2) is 8.78 Å². The molecule has 0 radical (unpaired) electrons. The van der Waals surface area contributed by atoms with Crippen LogP contribution in [0.25, 0.3) is 0 Å². The van der Waals surface area contributed by atoms with Gasteiger partial charge in [0.25, 0.3) is 0 Å². The molecule has 0 unspecified atom stereocenters. The lowest BCUT2D eigenvalue weighted by atomic mass is 10.1. The normalized spacial score (nSPS) is 19.1. The number of hydrogen-bond acceptors (Lipinski definition) is 2. The van der Waals surface area contributed by atoms with Crippen molar-refractivity contribution in [1.82, 2.24) is 10.2 Å². The van der Waals surface area contributed by atoms with Gasteiger partial charge in [-0.15, -0.1) is 0 Å². The molecule has 3 nitrogen and oxygen atoms in total. The average Bonchev–Trinajstić information content (AvgIpc) is 2.91. The molecule has 0 aliphatic carbocycles. The van der Waals surface area contributed by atoms with Gasteiger partial charge in [-0.3, -0.25) is 9.69 Å². The van der Waals surface area contributed by atoms with E-state index in [4.69, 9.17) is 0 Å². The van der Waals surface area contributed by atoms with E-state index in [1.54, 1.807) is 0 Å². The molecule has 1 amide bonds. The number of carbonyl (C=O) groups is 1. The molecule has 1 N–H and O–H groups in total. The van der Waals surface area contributed by atoms with Gasteiger partial charge in [-0.2, -0.15) is 13.2 Å². The van der Waals surface area contributed by atoms with Crippen LogP contribution >= 0.6 is 0 Å². The molecule has 1 aromatic rings. The highest BCUT2D eigenvalue weighted by Crippen LogP contribution is 2.24. The fourth-order valence-electron chi connectivity index (χ4n) is 2.63. The zero-order valence-corrected chi connectivity index (χ0v) is 12.3. The highest BCUT2D eigenvalue weighted by Gasteiger charge is 2.34. The Balaban J connectivity index is 1.89. The van der Waals surface area contributed by atoms with E-state index in [1.807, 2.05) is 0 Å². The summed E-state index contributed by atoms with van der Waals surface area (Å²) in [5.41, 5.74) is 0.125. The minimum absolute atomic E-state index is 0.125. The smallest absolute Gasteiger partial charge is 0.351 e. The lowest BCUT2D eigenvalue weighted by Crippen LogP contribution is -2.44. The van der Waals surface area contributed by atoms with E-state index in [-0.39, 0.29) is 18.7 Å². The summed E-state index contributed by atoms with van der Waals surface area (Å²) < 4.78 is 63.1. The van der Waals surface area contributed by atoms with Gasteiger partial charge in [-0.05, 0) is 25.5 Å². The Morgan fingerprint density at radius 2 is 2.04 bits per heavy atom. The molecule has 0 saturated carbocycles. The summed E-state index contributed by atoms with van der Waals surface area (Å²) in [5.74, 6) is -1.93. The van der Waals surface area contributed by atoms with Gasteiger partial charge in [0.05, 0.1) is 12.5 Å². The molecule has 1 fully saturated rings. The van der Waals surface area contributed by atoms with Crippen LogP contribution in [0.4, 0.5) is 22.0 Å². The van der Waals surface area contributed by atoms with Crippen molar-refractivity contribution in [3.63, 3.8) is 0 Å². The van der Waals surface area contributed by atoms with Crippen molar-refractivity contribution in [2.75, 3.05) is 13.1 Å². The van der Waals surface area contributed by atoms with Crippen LogP contribution in [0.3, 0.4) is 0 Å².